The van der Waals surface area contributed by atoms with Gasteiger partial charge in [-0.1, -0.05) is 6.08 Å². The first-order valence-electron chi connectivity index (χ1n) is 3.10. The van der Waals surface area contributed by atoms with Gasteiger partial charge in [-0.05, 0) is 17.6 Å². The summed E-state index contributed by atoms with van der Waals surface area (Å²) in [4.78, 5) is 1.06. The van der Waals surface area contributed by atoms with E-state index >= 15 is 0 Å². The molecule has 0 aromatic carbocycles. The molecular formula is C7H8ClNOS. The molecule has 0 spiro atoms. The lowest BCUT2D eigenvalue weighted by Gasteiger charge is -1.85. The number of nitrogens with zero attached hydrogens (tertiary/aromatic N) is 1. The summed E-state index contributed by atoms with van der Waals surface area (Å²) in [7, 11) is 1.60. The molecule has 1 rings (SSSR count). The molecule has 0 unspecified atom stereocenters. The summed E-state index contributed by atoms with van der Waals surface area (Å²) in [5.41, 5.74) is 0. The fourth-order valence-electron chi connectivity index (χ4n) is 0.608. The second-order valence-corrected chi connectivity index (χ2v) is 2.97. The molecule has 60 valence electrons. The molecule has 0 aliphatic rings. The molecule has 0 fully saturated rings. The van der Waals surface area contributed by atoms with E-state index in [0.29, 0.717) is 11.8 Å². The molecule has 0 amide bonds. The van der Waals surface area contributed by atoms with E-state index in [2.05, 4.69) is 4.37 Å². The Morgan fingerprint density at radius 1 is 1.82 bits per heavy atom. The topological polar surface area (TPSA) is 22.1 Å². The van der Waals surface area contributed by atoms with Gasteiger partial charge < -0.3 is 4.74 Å². The smallest absolute Gasteiger partial charge is 0.225 e. The summed E-state index contributed by atoms with van der Waals surface area (Å²) in [6.45, 7) is 0. The van der Waals surface area contributed by atoms with Gasteiger partial charge in [0.05, 0.1) is 12.0 Å². The summed E-state index contributed by atoms with van der Waals surface area (Å²) >= 11 is 6.85. The lowest BCUT2D eigenvalue weighted by molar-refractivity contribution is 0.402. The Bertz CT molecular complexity index is 246. The molecule has 0 aliphatic carbocycles. The molecule has 0 saturated heterocycles. The number of halogens is 1. The number of hydrogen-bond acceptors (Lipinski definition) is 3. The first-order valence-corrected chi connectivity index (χ1v) is 4.41. The molecule has 2 nitrogen and oxygen atoms in total. The zero-order chi connectivity index (χ0) is 8.10. The number of aromatic nitrogens is 1. The zero-order valence-electron chi connectivity index (χ0n) is 6.08. The SMILES string of the molecule is COc1cc(/C=C/CCl)sn1. The molecule has 0 atom stereocenters. The monoisotopic (exact) mass is 189 g/mol. The Morgan fingerprint density at radius 2 is 2.64 bits per heavy atom. The van der Waals surface area contributed by atoms with Gasteiger partial charge in [0.2, 0.25) is 5.88 Å². The molecule has 0 N–H and O–H groups in total. The van der Waals surface area contributed by atoms with Crippen LogP contribution in [0.2, 0.25) is 0 Å². The molecule has 0 aliphatic heterocycles. The predicted octanol–water partition coefficient (Wildman–Crippen LogP) is 2.40. The summed E-state index contributed by atoms with van der Waals surface area (Å²) in [5, 5.41) is 0. The van der Waals surface area contributed by atoms with Crippen LogP contribution >= 0.6 is 23.1 Å². The maximum atomic E-state index is 5.46. The van der Waals surface area contributed by atoms with Crippen molar-refractivity contribution in [3.8, 4) is 5.88 Å². The van der Waals surface area contributed by atoms with E-state index in [1.807, 2.05) is 18.2 Å². The number of alkyl halides is 1. The van der Waals surface area contributed by atoms with Gasteiger partial charge in [0, 0.05) is 11.9 Å². The Kier molecular flexibility index (Phi) is 3.39. The van der Waals surface area contributed by atoms with Crippen molar-refractivity contribution in [1.82, 2.24) is 4.37 Å². The van der Waals surface area contributed by atoms with Crippen LogP contribution in [0.3, 0.4) is 0 Å². The third-order valence-electron chi connectivity index (χ3n) is 1.09. The number of rotatable bonds is 3. The highest BCUT2D eigenvalue weighted by molar-refractivity contribution is 7.06. The second kappa shape index (κ2) is 4.36. The Balaban J connectivity index is 2.65. The van der Waals surface area contributed by atoms with Gasteiger partial charge in [0.15, 0.2) is 0 Å². The molecule has 11 heavy (non-hydrogen) atoms. The minimum Gasteiger partial charge on any atom is -0.480 e. The van der Waals surface area contributed by atoms with Crippen LogP contribution in [0.15, 0.2) is 12.1 Å². The average molecular weight is 190 g/mol. The van der Waals surface area contributed by atoms with Crippen molar-refractivity contribution in [2.24, 2.45) is 0 Å². The normalized spacial score (nSPS) is 10.7. The van der Waals surface area contributed by atoms with Crippen LogP contribution in [-0.2, 0) is 0 Å². The highest BCUT2D eigenvalue weighted by Crippen LogP contribution is 2.17. The van der Waals surface area contributed by atoms with Crippen molar-refractivity contribution >= 4 is 29.2 Å². The van der Waals surface area contributed by atoms with Crippen molar-refractivity contribution < 1.29 is 4.74 Å². The molecular weight excluding hydrogens is 182 g/mol. The minimum absolute atomic E-state index is 0.528. The van der Waals surface area contributed by atoms with Gasteiger partial charge in [-0.25, -0.2) is 0 Å². The van der Waals surface area contributed by atoms with Crippen LogP contribution < -0.4 is 4.74 Å². The quantitative estimate of drug-likeness (QED) is 0.682. The van der Waals surface area contributed by atoms with E-state index in [1.54, 1.807) is 7.11 Å². The fraction of sp³-hybridized carbons (Fsp3) is 0.286. The first kappa shape index (κ1) is 8.56. The van der Waals surface area contributed by atoms with Crippen LogP contribution in [0.4, 0.5) is 0 Å². The minimum atomic E-state index is 0.528. The molecule has 1 heterocycles. The van der Waals surface area contributed by atoms with Gasteiger partial charge in [-0.2, -0.15) is 4.37 Å². The highest BCUT2D eigenvalue weighted by atomic mass is 35.5. The molecule has 1 aromatic heterocycles. The Morgan fingerprint density at radius 3 is 3.18 bits per heavy atom. The first-order chi connectivity index (χ1) is 5.36. The summed E-state index contributed by atoms with van der Waals surface area (Å²) < 4.78 is 8.92. The lowest BCUT2D eigenvalue weighted by Crippen LogP contribution is -1.78. The molecule has 0 bridgehead atoms. The summed E-state index contributed by atoms with van der Waals surface area (Å²) in [5.74, 6) is 1.18. The average Bonchev–Trinajstić information content (AvgIpc) is 2.48. The van der Waals surface area contributed by atoms with E-state index in [0.717, 1.165) is 4.88 Å². The van der Waals surface area contributed by atoms with E-state index in [4.69, 9.17) is 16.3 Å². The van der Waals surface area contributed by atoms with Crippen LogP contribution in [0.25, 0.3) is 6.08 Å². The van der Waals surface area contributed by atoms with E-state index in [9.17, 15) is 0 Å². The maximum absolute atomic E-state index is 5.46. The number of allylic oxidation sites excluding steroid dienone is 1. The van der Waals surface area contributed by atoms with Gasteiger partial charge in [0.1, 0.15) is 0 Å². The Labute approximate surface area is 74.6 Å². The standard InChI is InChI=1S/C7H8ClNOS/c1-10-7-5-6(11-9-7)3-2-4-8/h2-3,5H,4H2,1H3/b3-2+. The van der Waals surface area contributed by atoms with Crippen LogP contribution in [0, 0.1) is 0 Å². The Hall–Kier alpha value is -0.540. The van der Waals surface area contributed by atoms with Crippen molar-refractivity contribution in [2.75, 3.05) is 13.0 Å². The van der Waals surface area contributed by atoms with Crippen molar-refractivity contribution in [3.63, 3.8) is 0 Å². The van der Waals surface area contributed by atoms with Crippen molar-refractivity contribution in [2.45, 2.75) is 0 Å². The van der Waals surface area contributed by atoms with E-state index < -0.39 is 0 Å². The molecule has 1 aromatic rings. The third-order valence-corrected chi connectivity index (χ3v) is 2.00. The fourth-order valence-corrected chi connectivity index (χ4v) is 1.33. The zero-order valence-corrected chi connectivity index (χ0v) is 7.65. The number of hydrogen-bond donors (Lipinski definition) is 0. The lowest BCUT2D eigenvalue weighted by atomic mass is 10.4. The van der Waals surface area contributed by atoms with Gasteiger partial charge in [-0.3, -0.25) is 0 Å². The highest BCUT2D eigenvalue weighted by Gasteiger charge is 1.95. The van der Waals surface area contributed by atoms with Crippen molar-refractivity contribution in [1.29, 1.82) is 0 Å². The van der Waals surface area contributed by atoms with Gasteiger partial charge in [0.25, 0.3) is 0 Å². The third kappa shape index (κ3) is 2.52. The predicted molar refractivity (Wildman–Crippen MR) is 48.4 cm³/mol. The van der Waals surface area contributed by atoms with E-state index in [1.165, 1.54) is 11.5 Å². The maximum Gasteiger partial charge on any atom is 0.225 e. The molecule has 0 saturated carbocycles. The van der Waals surface area contributed by atoms with Crippen molar-refractivity contribution in [3.05, 3.63) is 17.0 Å². The van der Waals surface area contributed by atoms with Gasteiger partial charge in [-0.15, -0.1) is 11.6 Å². The summed E-state index contributed by atoms with van der Waals surface area (Å²) in [6.07, 6.45) is 3.79. The van der Waals surface area contributed by atoms with Crippen LogP contribution in [-0.4, -0.2) is 17.4 Å². The number of methoxy groups -OCH3 is 1. The van der Waals surface area contributed by atoms with Crippen LogP contribution in [0.5, 0.6) is 5.88 Å². The van der Waals surface area contributed by atoms with Crippen LogP contribution in [0.1, 0.15) is 4.88 Å². The largest absolute Gasteiger partial charge is 0.480 e. The number of ether oxygens (including phenoxy) is 1. The summed E-state index contributed by atoms with van der Waals surface area (Å²) in [6, 6.07) is 1.87. The molecule has 0 radical (unpaired) electrons. The second-order valence-electron chi connectivity index (χ2n) is 1.83. The molecule has 4 heteroatoms. The van der Waals surface area contributed by atoms with E-state index in [-0.39, 0.29) is 0 Å². The van der Waals surface area contributed by atoms with Gasteiger partial charge >= 0.3 is 0 Å².